The van der Waals surface area contributed by atoms with Crippen molar-refractivity contribution in [1.82, 2.24) is 4.90 Å². The van der Waals surface area contributed by atoms with Gasteiger partial charge < -0.3 is 10.1 Å². The Kier molecular flexibility index (Phi) is 4.52. The van der Waals surface area contributed by atoms with Crippen molar-refractivity contribution < 1.29 is 18.7 Å². The van der Waals surface area contributed by atoms with Gasteiger partial charge in [0, 0.05) is 12.7 Å². The van der Waals surface area contributed by atoms with Gasteiger partial charge in [-0.05, 0) is 42.8 Å². The number of ether oxygens (including phenoxy) is 1. The van der Waals surface area contributed by atoms with Gasteiger partial charge >= 0.3 is 0 Å². The molecule has 0 aliphatic carbocycles. The number of rotatable bonds is 5. The molecule has 0 bridgehead atoms. The zero-order valence-corrected chi connectivity index (χ0v) is 13.9. The summed E-state index contributed by atoms with van der Waals surface area (Å²) in [4.78, 5) is 26.0. The molecule has 0 radical (unpaired) electrons. The van der Waals surface area contributed by atoms with Gasteiger partial charge in [-0.2, -0.15) is 0 Å². The predicted octanol–water partition coefficient (Wildman–Crippen LogP) is 3.05. The fourth-order valence-electron chi connectivity index (χ4n) is 2.62. The molecule has 0 unspecified atom stereocenters. The number of anilines is 1. The second-order valence-electron chi connectivity index (χ2n) is 5.51. The van der Waals surface area contributed by atoms with Gasteiger partial charge in [-0.1, -0.05) is 18.2 Å². The molecule has 128 valence electrons. The van der Waals surface area contributed by atoms with Crippen molar-refractivity contribution in [3.05, 3.63) is 65.6 Å². The standard InChI is InChI=1S/C19H17FN2O3/c1-3-25-15-9-7-12(8-10-15)16-17(19(24)22(2)18(16)23)21-14-6-4-5-13(20)11-14/h4-11,21H,3H2,1-2H3. The van der Waals surface area contributed by atoms with Crippen LogP contribution in [0.15, 0.2) is 54.2 Å². The summed E-state index contributed by atoms with van der Waals surface area (Å²) >= 11 is 0. The van der Waals surface area contributed by atoms with Crippen LogP contribution < -0.4 is 10.1 Å². The molecule has 1 N–H and O–H groups in total. The number of imide groups is 1. The molecule has 2 aromatic rings. The van der Waals surface area contributed by atoms with Gasteiger partial charge in [-0.3, -0.25) is 14.5 Å². The van der Waals surface area contributed by atoms with Crippen LogP contribution in [0, 0.1) is 5.82 Å². The van der Waals surface area contributed by atoms with Gasteiger partial charge in [0.2, 0.25) is 0 Å². The Labute approximate surface area is 144 Å². The van der Waals surface area contributed by atoms with E-state index in [0.29, 0.717) is 23.6 Å². The van der Waals surface area contributed by atoms with Gasteiger partial charge in [0.25, 0.3) is 11.8 Å². The molecule has 1 aliphatic rings. The summed E-state index contributed by atoms with van der Waals surface area (Å²) in [6.07, 6.45) is 0. The lowest BCUT2D eigenvalue weighted by molar-refractivity contribution is -0.135. The number of hydrogen-bond donors (Lipinski definition) is 1. The molecule has 1 heterocycles. The Morgan fingerprint density at radius 1 is 1.08 bits per heavy atom. The van der Waals surface area contributed by atoms with E-state index in [-0.39, 0.29) is 11.3 Å². The molecule has 0 aromatic heterocycles. The minimum atomic E-state index is -0.460. The monoisotopic (exact) mass is 340 g/mol. The zero-order chi connectivity index (χ0) is 18.0. The number of benzene rings is 2. The molecule has 2 amide bonds. The van der Waals surface area contributed by atoms with Crippen molar-refractivity contribution in [2.75, 3.05) is 19.0 Å². The number of carbonyl (C=O) groups excluding carboxylic acids is 2. The van der Waals surface area contributed by atoms with Crippen molar-refractivity contribution in [3.8, 4) is 5.75 Å². The minimum absolute atomic E-state index is 0.127. The summed E-state index contributed by atoms with van der Waals surface area (Å²) in [7, 11) is 1.42. The molecule has 0 fully saturated rings. The van der Waals surface area contributed by atoms with Crippen LogP contribution in [-0.2, 0) is 9.59 Å². The zero-order valence-electron chi connectivity index (χ0n) is 13.9. The van der Waals surface area contributed by atoms with E-state index in [2.05, 4.69) is 5.32 Å². The van der Waals surface area contributed by atoms with Crippen LogP contribution in [0.5, 0.6) is 5.75 Å². The van der Waals surface area contributed by atoms with Crippen LogP contribution in [0.2, 0.25) is 0 Å². The molecule has 0 saturated heterocycles. The Balaban J connectivity index is 2.02. The van der Waals surface area contributed by atoms with Crippen molar-refractivity contribution in [2.45, 2.75) is 6.92 Å². The average molecular weight is 340 g/mol. The highest BCUT2D eigenvalue weighted by atomic mass is 19.1. The Bertz CT molecular complexity index is 859. The Morgan fingerprint density at radius 2 is 1.80 bits per heavy atom. The van der Waals surface area contributed by atoms with Gasteiger partial charge in [0.1, 0.15) is 17.3 Å². The third-order valence-electron chi connectivity index (χ3n) is 3.83. The first-order valence-electron chi connectivity index (χ1n) is 7.83. The first-order valence-corrected chi connectivity index (χ1v) is 7.83. The summed E-state index contributed by atoms with van der Waals surface area (Å²) in [5, 5.41) is 2.88. The molecule has 5 nitrogen and oxygen atoms in total. The molecule has 0 atom stereocenters. The summed E-state index contributed by atoms with van der Waals surface area (Å²) in [6.45, 7) is 2.42. The van der Waals surface area contributed by atoms with Crippen LogP contribution in [0.1, 0.15) is 12.5 Å². The Hall–Kier alpha value is -3.15. The lowest BCUT2D eigenvalue weighted by Crippen LogP contribution is -2.27. The summed E-state index contributed by atoms with van der Waals surface area (Å²) in [5.41, 5.74) is 1.36. The number of nitrogens with zero attached hydrogens (tertiary/aromatic N) is 1. The Morgan fingerprint density at radius 3 is 2.44 bits per heavy atom. The smallest absolute Gasteiger partial charge is 0.277 e. The van der Waals surface area contributed by atoms with E-state index in [4.69, 9.17) is 4.74 Å². The number of hydrogen-bond acceptors (Lipinski definition) is 4. The molecule has 3 rings (SSSR count). The van der Waals surface area contributed by atoms with E-state index in [1.807, 2.05) is 6.92 Å². The maximum Gasteiger partial charge on any atom is 0.277 e. The first kappa shape index (κ1) is 16.7. The topological polar surface area (TPSA) is 58.6 Å². The van der Waals surface area contributed by atoms with Crippen molar-refractivity contribution in [2.24, 2.45) is 0 Å². The number of likely N-dealkylation sites (N-methyl/N-ethyl adjacent to an activating group) is 1. The molecular formula is C19H17FN2O3. The van der Waals surface area contributed by atoms with Crippen LogP contribution in [0.25, 0.3) is 5.57 Å². The van der Waals surface area contributed by atoms with Crippen LogP contribution >= 0.6 is 0 Å². The SMILES string of the molecule is CCOc1ccc(C2=C(Nc3cccc(F)c3)C(=O)N(C)C2=O)cc1. The average Bonchev–Trinajstić information content (AvgIpc) is 2.80. The maximum atomic E-state index is 13.4. The molecule has 0 saturated carbocycles. The molecule has 6 heteroatoms. The molecule has 1 aliphatic heterocycles. The van der Waals surface area contributed by atoms with E-state index >= 15 is 0 Å². The predicted molar refractivity (Wildman–Crippen MR) is 92.3 cm³/mol. The van der Waals surface area contributed by atoms with Crippen molar-refractivity contribution in [1.29, 1.82) is 0 Å². The number of carbonyl (C=O) groups is 2. The van der Waals surface area contributed by atoms with Crippen molar-refractivity contribution >= 4 is 23.1 Å². The number of amides is 2. The minimum Gasteiger partial charge on any atom is -0.494 e. The van der Waals surface area contributed by atoms with Gasteiger partial charge in [-0.15, -0.1) is 0 Å². The van der Waals surface area contributed by atoms with Gasteiger partial charge in [0.15, 0.2) is 0 Å². The fourth-order valence-corrected chi connectivity index (χ4v) is 2.62. The lowest BCUT2D eigenvalue weighted by Gasteiger charge is -2.09. The fraction of sp³-hybridized carbons (Fsp3) is 0.158. The summed E-state index contributed by atoms with van der Waals surface area (Å²) in [6, 6.07) is 12.6. The normalized spacial score (nSPS) is 14.3. The second-order valence-corrected chi connectivity index (χ2v) is 5.51. The first-order chi connectivity index (χ1) is 12.0. The van der Waals surface area contributed by atoms with Crippen LogP contribution in [0.3, 0.4) is 0 Å². The second kappa shape index (κ2) is 6.76. The number of halogens is 1. The van der Waals surface area contributed by atoms with Crippen LogP contribution in [0.4, 0.5) is 10.1 Å². The summed E-state index contributed by atoms with van der Waals surface area (Å²) in [5.74, 6) is -0.624. The van der Waals surface area contributed by atoms with E-state index in [1.54, 1.807) is 30.3 Å². The lowest BCUT2D eigenvalue weighted by atomic mass is 10.0. The largest absolute Gasteiger partial charge is 0.494 e. The highest BCUT2D eigenvalue weighted by Gasteiger charge is 2.36. The van der Waals surface area contributed by atoms with Gasteiger partial charge in [0.05, 0.1) is 12.2 Å². The van der Waals surface area contributed by atoms with Crippen LogP contribution in [-0.4, -0.2) is 30.4 Å². The summed E-state index contributed by atoms with van der Waals surface area (Å²) < 4.78 is 18.8. The highest BCUT2D eigenvalue weighted by Crippen LogP contribution is 2.30. The third kappa shape index (κ3) is 3.24. The molecule has 2 aromatic carbocycles. The molecular weight excluding hydrogens is 323 g/mol. The highest BCUT2D eigenvalue weighted by molar-refractivity contribution is 6.36. The third-order valence-corrected chi connectivity index (χ3v) is 3.83. The maximum absolute atomic E-state index is 13.4. The van der Waals surface area contributed by atoms with E-state index in [9.17, 15) is 14.0 Å². The van der Waals surface area contributed by atoms with Crippen molar-refractivity contribution in [3.63, 3.8) is 0 Å². The quantitative estimate of drug-likeness (QED) is 0.850. The van der Waals surface area contributed by atoms with E-state index in [0.717, 1.165) is 4.90 Å². The van der Waals surface area contributed by atoms with Gasteiger partial charge in [-0.25, -0.2) is 4.39 Å². The van der Waals surface area contributed by atoms with E-state index < -0.39 is 17.6 Å². The molecule has 25 heavy (non-hydrogen) atoms. The number of nitrogens with one attached hydrogen (secondary N) is 1. The van der Waals surface area contributed by atoms with E-state index in [1.165, 1.54) is 25.2 Å². The molecule has 0 spiro atoms.